The van der Waals surface area contributed by atoms with Gasteiger partial charge in [-0.15, -0.1) is 0 Å². The Kier molecular flexibility index (Phi) is 3.25. The second-order valence-corrected chi connectivity index (χ2v) is 3.34. The number of rotatable bonds is 3. The van der Waals surface area contributed by atoms with Gasteiger partial charge in [-0.1, -0.05) is 6.07 Å². The number of hydrogen-bond donors (Lipinski definition) is 1. The third-order valence-electron chi connectivity index (χ3n) is 2.14. The maximum Gasteiger partial charge on any atom is 0.375 e. The van der Waals surface area contributed by atoms with Gasteiger partial charge >= 0.3 is 5.97 Å². The van der Waals surface area contributed by atoms with Crippen molar-refractivity contribution in [2.75, 3.05) is 12.4 Å². The molecule has 0 unspecified atom stereocenters. The van der Waals surface area contributed by atoms with Crippen LogP contribution in [0.15, 0.2) is 34.9 Å². The van der Waals surface area contributed by atoms with E-state index >= 15 is 0 Å². The Balaban J connectivity index is 2.16. The average molecular weight is 243 g/mol. The maximum atomic E-state index is 11.2. The first-order valence-corrected chi connectivity index (χ1v) is 5.04. The van der Waals surface area contributed by atoms with Gasteiger partial charge in [-0.2, -0.15) is 5.26 Å². The van der Waals surface area contributed by atoms with Crippen molar-refractivity contribution in [1.82, 2.24) is 4.98 Å². The Morgan fingerprint density at radius 1 is 1.56 bits per heavy atom. The van der Waals surface area contributed by atoms with Gasteiger partial charge < -0.3 is 14.5 Å². The third kappa shape index (κ3) is 2.47. The monoisotopic (exact) mass is 243 g/mol. The highest BCUT2D eigenvalue weighted by molar-refractivity contribution is 5.86. The van der Waals surface area contributed by atoms with Crippen LogP contribution in [0, 0.1) is 11.3 Å². The first-order valence-electron chi connectivity index (χ1n) is 5.04. The molecule has 0 saturated heterocycles. The van der Waals surface area contributed by atoms with Crippen LogP contribution in [-0.4, -0.2) is 18.1 Å². The van der Waals surface area contributed by atoms with Crippen molar-refractivity contribution in [1.29, 1.82) is 5.26 Å². The van der Waals surface area contributed by atoms with E-state index in [4.69, 9.17) is 9.68 Å². The minimum atomic E-state index is -0.596. The van der Waals surface area contributed by atoms with Crippen molar-refractivity contribution in [2.24, 2.45) is 0 Å². The Morgan fingerprint density at radius 3 is 3.11 bits per heavy atom. The van der Waals surface area contributed by atoms with E-state index in [9.17, 15) is 4.79 Å². The lowest BCUT2D eigenvalue weighted by atomic mass is 10.2. The standard InChI is InChI=1S/C12H9N3O3/c1-17-11(16)10-7-14-12(18-10)15-9-4-2-3-8(5-9)6-13/h2-5,7H,1H3,(H,14,15). The van der Waals surface area contributed by atoms with E-state index in [2.05, 4.69) is 15.0 Å². The molecule has 1 aromatic carbocycles. The summed E-state index contributed by atoms with van der Waals surface area (Å²) < 4.78 is 9.63. The van der Waals surface area contributed by atoms with Crippen molar-refractivity contribution >= 4 is 17.7 Å². The number of methoxy groups -OCH3 is 1. The van der Waals surface area contributed by atoms with Crippen LogP contribution in [0.25, 0.3) is 0 Å². The van der Waals surface area contributed by atoms with Crippen LogP contribution in [-0.2, 0) is 4.74 Å². The van der Waals surface area contributed by atoms with E-state index in [-0.39, 0.29) is 11.8 Å². The average Bonchev–Trinajstić information content (AvgIpc) is 2.86. The minimum Gasteiger partial charge on any atom is -0.463 e. The molecule has 0 spiro atoms. The molecule has 6 heteroatoms. The summed E-state index contributed by atoms with van der Waals surface area (Å²) in [6, 6.07) is 8.98. The lowest BCUT2D eigenvalue weighted by molar-refractivity contribution is 0.0566. The number of nitrogens with zero attached hydrogens (tertiary/aromatic N) is 2. The summed E-state index contributed by atoms with van der Waals surface area (Å²) in [6.07, 6.45) is 1.27. The Bertz CT molecular complexity index is 613. The molecule has 0 aliphatic carbocycles. The van der Waals surface area contributed by atoms with Gasteiger partial charge in [0.1, 0.15) is 0 Å². The fraction of sp³-hybridized carbons (Fsp3) is 0.0833. The topological polar surface area (TPSA) is 88.1 Å². The molecular formula is C12H9N3O3. The van der Waals surface area contributed by atoms with Crippen molar-refractivity contribution in [3.8, 4) is 6.07 Å². The Morgan fingerprint density at radius 2 is 2.39 bits per heavy atom. The fourth-order valence-electron chi connectivity index (χ4n) is 1.32. The molecule has 0 aliphatic rings. The van der Waals surface area contributed by atoms with E-state index in [0.717, 1.165) is 0 Å². The van der Waals surface area contributed by atoms with Gasteiger partial charge in [0, 0.05) is 5.69 Å². The highest BCUT2D eigenvalue weighted by atomic mass is 16.5. The molecule has 1 aromatic heterocycles. The van der Waals surface area contributed by atoms with Gasteiger partial charge in [0.2, 0.25) is 5.76 Å². The molecule has 0 saturated carbocycles. The zero-order valence-electron chi connectivity index (χ0n) is 9.51. The summed E-state index contributed by atoms with van der Waals surface area (Å²) in [4.78, 5) is 15.0. The number of carbonyl (C=O) groups is 1. The third-order valence-corrected chi connectivity index (χ3v) is 2.14. The Labute approximate surface area is 103 Å². The highest BCUT2D eigenvalue weighted by Gasteiger charge is 2.12. The van der Waals surface area contributed by atoms with Gasteiger partial charge in [0.15, 0.2) is 0 Å². The van der Waals surface area contributed by atoms with E-state index in [1.54, 1.807) is 24.3 Å². The molecular weight excluding hydrogens is 234 g/mol. The van der Waals surface area contributed by atoms with Crippen LogP contribution in [0.3, 0.4) is 0 Å². The van der Waals surface area contributed by atoms with Gasteiger partial charge in [-0.3, -0.25) is 0 Å². The molecule has 2 rings (SSSR count). The van der Waals surface area contributed by atoms with Gasteiger partial charge in [0.25, 0.3) is 6.01 Å². The molecule has 18 heavy (non-hydrogen) atoms. The fourth-order valence-corrected chi connectivity index (χ4v) is 1.32. The number of oxazole rings is 1. The number of esters is 1. The molecule has 0 radical (unpaired) electrons. The number of anilines is 2. The van der Waals surface area contributed by atoms with Crippen molar-refractivity contribution < 1.29 is 13.9 Å². The van der Waals surface area contributed by atoms with Crippen LogP contribution in [0.5, 0.6) is 0 Å². The first kappa shape index (κ1) is 11.7. The zero-order valence-corrected chi connectivity index (χ0v) is 9.51. The highest BCUT2D eigenvalue weighted by Crippen LogP contribution is 2.17. The van der Waals surface area contributed by atoms with Crippen LogP contribution in [0.1, 0.15) is 16.1 Å². The predicted molar refractivity (Wildman–Crippen MR) is 62.3 cm³/mol. The molecule has 0 aliphatic heterocycles. The van der Waals surface area contributed by atoms with Crippen LogP contribution < -0.4 is 5.32 Å². The summed E-state index contributed by atoms with van der Waals surface area (Å²) in [5.41, 5.74) is 1.16. The van der Waals surface area contributed by atoms with Gasteiger partial charge in [0.05, 0.1) is 24.9 Å². The van der Waals surface area contributed by atoms with Crippen molar-refractivity contribution in [2.45, 2.75) is 0 Å². The lowest BCUT2D eigenvalue weighted by Gasteiger charge is -2.01. The number of nitrogens with one attached hydrogen (secondary N) is 1. The second kappa shape index (κ2) is 5.01. The van der Waals surface area contributed by atoms with Gasteiger partial charge in [-0.05, 0) is 18.2 Å². The molecule has 0 atom stereocenters. The number of carbonyl (C=O) groups excluding carboxylic acids is 1. The SMILES string of the molecule is COC(=O)c1cnc(Nc2cccc(C#N)c2)o1. The molecule has 0 amide bonds. The van der Waals surface area contributed by atoms with Crippen molar-refractivity contribution in [3.05, 3.63) is 41.8 Å². The van der Waals surface area contributed by atoms with Gasteiger partial charge in [-0.25, -0.2) is 9.78 Å². The van der Waals surface area contributed by atoms with E-state index < -0.39 is 5.97 Å². The molecule has 1 N–H and O–H groups in total. The minimum absolute atomic E-state index is 0.0106. The molecule has 0 fully saturated rings. The summed E-state index contributed by atoms with van der Waals surface area (Å²) >= 11 is 0. The maximum absolute atomic E-state index is 11.2. The quantitative estimate of drug-likeness (QED) is 0.830. The number of ether oxygens (including phenoxy) is 1. The number of nitriles is 1. The largest absolute Gasteiger partial charge is 0.463 e. The molecule has 0 bridgehead atoms. The number of hydrogen-bond acceptors (Lipinski definition) is 6. The van der Waals surface area contributed by atoms with Crippen LogP contribution >= 0.6 is 0 Å². The number of benzene rings is 1. The van der Waals surface area contributed by atoms with E-state index in [0.29, 0.717) is 11.3 Å². The van der Waals surface area contributed by atoms with Crippen LogP contribution in [0.2, 0.25) is 0 Å². The van der Waals surface area contributed by atoms with E-state index in [1.807, 2.05) is 6.07 Å². The Hall–Kier alpha value is -2.81. The smallest absolute Gasteiger partial charge is 0.375 e. The first-order chi connectivity index (χ1) is 8.72. The van der Waals surface area contributed by atoms with Crippen LogP contribution in [0.4, 0.5) is 11.7 Å². The molecule has 90 valence electrons. The molecule has 6 nitrogen and oxygen atoms in total. The second-order valence-electron chi connectivity index (χ2n) is 3.34. The molecule has 2 aromatic rings. The summed E-state index contributed by atoms with van der Waals surface area (Å²) in [5.74, 6) is -0.585. The summed E-state index contributed by atoms with van der Waals surface area (Å²) in [5, 5.41) is 11.6. The van der Waals surface area contributed by atoms with E-state index in [1.165, 1.54) is 13.3 Å². The number of aromatic nitrogens is 1. The summed E-state index contributed by atoms with van der Waals surface area (Å²) in [6.45, 7) is 0. The zero-order chi connectivity index (χ0) is 13.0. The normalized spacial score (nSPS) is 9.56. The molecule has 1 heterocycles. The predicted octanol–water partition coefficient (Wildman–Crippen LogP) is 2.08. The summed E-state index contributed by atoms with van der Waals surface area (Å²) in [7, 11) is 1.26. The van der Waals surface area contributed by atoms with Crippen molar-refractivity contribution in [3.63, 3.8) is 0 Å². The lowest BCUT2D eigenvalue weighted by Crippen LogP contribution is -1.98.